The first-order valence-electron chi connectivity index (χ1n) is 32.1. The van der Waals surface area contributed by atoms with E-state index in [4.69, 9.17) is 28.4 Å². The number of nitrogens with one attached hydrogen (secondary N) is 1. The van der Waals surface area contributed by atoms with Crippen molar-refractivity contribution in [2.75, 3.05) is 26.4 Å². The van der Waals surface area contributed by atoms with Crippen LogP contribution in [0.3, 0.4) is 0 Å². The zero-order valence-electron chi connectivity index (χ0n) is 52.1. The summed E-state index contributed by atoms with van der Waals surface area (Å²) >= 11 is 0. The molecule has 3 saturated heterocycles. The number of allylic oxidation sites excluding steroid dienone is 23. The standard InChI is InChI=1S/C69H109NO18/c1-3-5-7-9-11-13-15-17-19-20-21-22-23-24-25-26-27-28-29-30-31-32-33-35-37-39-41-43-45-47-57(75)70-52(53(74)46-44-42-40-38-36-34-18-16-14-12-10-8-6-4-2)51-83-67-63(81)60(78)65(55(49-72)85-67)88-69-64(82)61(79)66(56(50-73)86-69)87-68-62(80)59(77)58(76)54(48-71)84-68/h5,7,11,13-14,16-17,19,21-22,24-25,27-28,30-31,33,35-36,38-39,41,44,46,52-56,58-69,71-74,76-82H,3-4,6,8-10,12,15,18,20,23,26,29,32,34,37,40,42-43,45,47-51H2,1-2H3,(H,70,75)/b7-5-,13-11-,16-14+,19-17-,22-21-,25-24-,28-27-,31-30-,35-33-,38-36+,41-39-,46-44+. The van der Waals surface area contributed by atoms with Crippen LogP contribution in [-0.4, -0.2) is 193 Å². The van der Waals surface area contributed by atoms with Crippen molar-refractivity contribution in [3.8, 4) is 0 Å². The molecule has 0 spiro atoms. The van der Waals surface area contributed by atoms with Gasteiger partial charge in [-0.3, -0.25) is 4.79 Å². The average Bonchev–Trinajstić information content (AvgIpc) is 2.57. The molecule has 12 N–H and O–H groups in total. The topological polar surface area (TPSA) is 307 Å². The minimum Gasteiger partial charge on any atom is -0.394 e. The van der Waals surface area contributed by atoms with Gasteiger partial charge in [0.2, 0.25) is 5.91 Å². The molecule has 0 aliphatic carbocycles. The monoisotopic (exact) mass is 1240 g/mol. The summed E-state index contributed by atoms with van der Waals surface area (Å²) in [5.41, 5.74) is 0. The molecule has 3 heterocycles. The van der Waals surface area contributed by atoms with Crippen LogP contribution in [-0.2, 0) is 33.2 Å². The first-order valence-corrected chi connectivity index (χ1v) is 32.1. The molecule has 0 bridgehead atoms. The number of aliphatic hydroxyl groups excluding tert-OH is 11. The number of hydrogen-bond donors (Lipinski definition) is 12. The van der Waals surface area contributed by atoms with E-state index in [0.717, 1.165) is 83.5 Å². The van der Waals surface area contributed by atoms with E-state index in [9.17, 15) is 61.0 Å². The second kappa shape index (κ2) is 49.4. The fraction of sp³-hybridized carbons (Fsp3) is 0.638. The summed E-state index contributed by atoms with van der Waals surface area (Å²) in [7, 11) is 0. The highest BCUT2D eigenvalue weighted by molar-refractivity contribution is 5.76. The average molecular weight is 1240 g/mol. The van der Waals surface area contributed by atoms with Gasteiger partial charge < -0.3 is 89.9 Å². The molecule has 17 unspecified atom stereocenters. The summed E-state index contributed by atoms with van der Waals surface area (Å²) in [6, 6.07) is -1.04. The molecule has 3 fully saturated rings. The fourth-order valence-electron chi connectivity index (χ4n) is 9.63. The molecule has 0 radical (unpaired) electrons. The highest BCUT2D eigenvalue weighted by Gasteiger charge is 2.53. The minimum atomic E-state index is -2.00. The van der Waals surface area contributed by atoms with Crippen LogP contribution < -0.4 is 5.32 Å². The van der Waals surface area contributed by atoms with Gasteiger partial charge in [-0.2, -0.15) is 0 Å². The molecule has 88 heavy (non-hydrogen) atoms. The molecule has 3 aliphatic rings. The lowest BCUT2D eigenvalue weighted by molar-refractivity contribution is -0.379. The smallest absolute Gasteiger partial charge is 0.220 e. The van der Waals surface area contributed by atoms with E-state index in [0.29, 0.717) is 19.3 Å². The third kappa shape index (κ3) is 31.6. The number of aliphatic hydroxyl groups is 11. The van der Waals surface area contributed by atoms with Crippen LogP contribution >= 0.6 is 0 Å². The predicted octanol–water partition coefficient (Wildman–Crippen LogP) is 7.20. The number of unbranched alkanes of at least 4 members (excludes halogenated alkanes) is 7. The Bertz CT molecular complexity index is 2170. The maximum Gasteiger partial charge on any atom is 0.220 e. The quantitative estimate of drug-likeness (QED) is 0.0212. The Morgan fingerprint density at radius 2 is 0.795 bits per heavy atom. The van der Waals surface area contributed by atoms with E-state index >= 15 is 0 Å². The van der Waals surface area contributed by atoms with E-state index in [2.05, 4.69) is 141 Å². The molecule has 0 aromatic carbocycles. The molecule has 0 aromatic rings. The van der Waals surface area contributed by atoms with Crippen molar-refractivity contribution >= 4 is 5.91 Å². The Balaban J connectivity index is 1.48. The van der Waals surface area contributed by atoms with Crippen LogP contribution in [0, 0.1) is 0 Å². The second-order valence-corrected chi connectivity index (χ2v) is 22.1. The van der Waals surface area contributed by atoms with Crippen LogP contribution in [0.15, 0.2) is 146 Å². The number of amides is 1. The second-order valence-electron chi connectivity index (χ2n) is 22.1. The first-order chi connectivity index (χ1) is 42.8. The molecule has 0 aromatic heterocycles. The molecule has 0 saturated carbocycles. The third-order valence-electron chi connectivity index (χ3n) is 14.8. The lowest BCUT2D eigenvalue weighted by Crippen LogP contribution is -2.66. The van der Waals surface area contributed by atoms with Crippen molar-refractivity contribution in [2.24, 2.45) is 0 Å². The van der Waals surface area contributed by atoms with Crippen LogP contribution in [0.4, 0.5) is 0 Å². The highest BCUT2D eigenvalue weighted by atomic mass is 16.8. The van der Waals surface area contributed by atoms with Crippen molar-refractivity contribution in [3.05, 3.63) is 146 Å². The zero-order chi connectivity index (χ0) is 64.0. The van der Waals surface area contributed by atoms with Gasteiger partial charge in [0.15, 0.2) is 18.9 Å². The minimum absolute atomic E-state index is 0.141. The van der Waals surface area contributed by atoms with Crippen molar-refractivity contribution in [2.45, 2.75) is 253 Å². The maximum absolute atomic E-state index is 13.3. The van der Waals surface area contributed by atoms with Gasteiger partial charge in [0.1, 0.15) is 73.2 Å². The normalized spacial score (nSPS) is 29.4. The summed E-state index contributed by atoms with van der Waals surface area (Å²) in [5, 5.41) is 120. The van der Waals surface area contributed by atoms with E-state index in [-0.39, 0.29) is 12.3 Å². The van der Waals surface area contributed by atoms with Crippen molar-refractivity contribution in [1.29, 1.82) is 0 Å². The van der Waals surface area contributed by atoms with Crippen LogP contribution in [0.2, 0.25) is 0 Å². The van der Waals surface area contributed by atoms with Gasteiger partial charge >= 0.3 is 0 Å². The lowest BCUT2D eigenvalue weighted by Gasteiger charge is -2.48. The molecular formula is C69H109NO18. The maximum atomic E-state index is 13.3. The summed E-state index contributed by atoms with van der Waals surface area (Å²) in [5.74, 6) is -0.356. The number of carbonyl (C=O) groups excluding carboxylic acids is 1. The molecule has 3 rings (SSSR count). The Morgan fingerprint density at radius 3 is 1.25 bits per heavy atom. The van der Waals surface area contributed by atoms with Gasteiger partial charge in [-0.25, -0.2) is 0 Å². The van der Waals surface area contributed by atoms with Gasteiger partial charge in [0.25, 0.3) is 0 Å². The largest absolute Gasteiger partial charge is 0.394 e. The summed E-state index contributed by atoms with van der Waals surface area (Å²) < 4.78 is 34.2. The van der Waals surface area contributed by atoms with Crippen LogP contribution in [0.25, 0.3) is 0 Å². The number of carbonyl (C=O) groups is 1. The van der Waals surface area contributed by atoms with Gasteiger partial charge in [-0.1, -0.05) is 179 Å². The van der Waals surface area contributed by atoms with E-state index in [1.165, 1.54) is 25.7 Å². The van der Waals surface area contributed by atoms with Crippen molar-refractivity contribution in [3.63, 3.8) is 0 Å². The molecule has 1 amide bonds. The fourth-order valence-corrected chi connectivity index (χ4v) is 9.63. The lowest BCUT2D eigenvalue weighted by atomic mass is 9.96. The summed E-state index contributed by atoms with van der Waals surface area (Å²) in [6.45, 7) is 1.47. The molecule has 19 heteroatoms. The molecule has 19 nitrogen and oxygen atoms in total. The van der Waals surface area contributed by atoms with Crippen LogP contribution in [0.5, 0.6) is 0 Å². The number of rotatable bonds is 45. The molecule has 17 atom stereocenters. The van der Waals surface area contributed by atoms with Gasteiger partial charge in [0.05, 0.1) is 38.6 Å². The number of ether oxygens (including phenoxy) is 6. The molecule has 498 valence electrons. The highest BCUT2D eigenvalue weighted by Crippen LogP contribution is 2.33. The van der Waals surface area contributed by atoms with Crippen molar-refractivity contribution in [1.82, 2.24) is 5.32 Å². The summed E-state index contributed by atoms with van der Waals surface area (Å²) in [6.07, 6.45) is 42.6. The van der Waals surface area contributed by atoms with Gasteiger partial charge in [-0.05, 0) is 109 Å². The SMILES string of the molecule is CC/C=C\C/C=C\C/C=C\C/C=C\C/C=C\C/C=C\C/C=C\C/C=C\C/C=C\CCCC(=O)NC(COC1OC(CO)C(OC2OC(CO)C(OC3OC(CO)C(O)C(O)C3O)C(O)C2O)C(O)C1O)C(O)/C=C/CC/C=C/CC/C=C/CCCCCC. The van der Waals surface area contributed by atoms with Crippen molar-refractivity contribution < 1.29 is 89.4 Å². The first kappa shape index (κ1) is 77.9. The van der Waals surface area contributed by atoms with E-state index < -0.39 is 131 Å². The third-order valence-corrected chi connectivity index (χ3v) is 14.8. The van der Waals surface area contributed by atoms with E-state index in [1.807, 2.05) is 12.2 Å². The van der Waals surface area contributed by atoms with Crippen LogP contribution in [0.1, 0.15) is 149 Å². The Hall–Kier alpha value is -4.33. The van der Waals surface area contributed by atoms with Gasteiger partial charge in [0, 0.05) is 6.42 Å². The Morgan fingerprint density at radius 1 is 0.420 bits per heavy atom. The van der Waals surface area contributed by atoms with E-state index in [1.54, 1.807) is 12.2 Å². The summed E-state index contributed by atoms with van der Waals surface area (Å²) in [4.78, 5) is 13.3. The molecular weight excluding hydrogens is 1130 g/mol. The molecule has 3 aliphatic heterocycles. The predicted molar refractivity (Wildman–Crippen MR) is 341 cm³/mol. The Labute approximate surface area is 523 Å². The Kier molecular flexibility index (Phi) is 43.7. The number of hydrogen-bond acceptors (Lipinski definition) is 18. The zero-order valence-corrected chi connectivity index (χ0v) is 52.1. The van der Waals surface area contributed by atoms with Gasteiger partial charge in [-0.15, -0.1) is 0 Å².